The van der Waals surface area contributed by atoms with E-state index in [1.807, 2.05) is 67.6 Å². The number of aliphatic hydroxyl groups excluding tert-OH is 1. The molecular formula is C32H34N2O9S. The molecule has 0 aliphatic carbocycles. The quantitative estimate of drug-likeness (QED) is 0.228. The molecule has 1 saturated heterocycles. The molecule has 1 aliphatic heterocycles. The van der Waals surface area contributed by atoms with Crippen molar-refractivity contribution in [2.75, 3.05) is 13.2 Å². The predicted molar refractivity (Wildman–Crippen MR) is 160 cm³/mol. The van der Waals surface area contributed by atoms with Crippen LogP contribution in [0.15, 0.2) is 106 Å². The molecule has 2 heterocycles. The van der Waals surface area contributed by atoms with Crippen LogP contribution in [0.4, 0.5) is 0 Å². The van der Waals surface area contributed by atoms with Crippen molar-refractivity contribution in [1.82, 2.24) is 9.55 Å². The number of rotatable bonds is 12. The Morgan fingerprint density at radius 3 is 2.14 bits per heavy atom. The van der Waals surface area contributed by atoms with Gasteiger partial charge in [0.2, 0.25) is 0 Å². The zero-order valence-corrected chi connectivity index (χ0v) is 25.1. The summed E-state index contributed by atoms with van der Waals surface area (Å²) >= 11 is 0. The minimum Gasteiger partial charge on any atom is -0.386 e. The molecule has 0 saturated carbocycles. The summed E-state index contributed by atoms with van der Waals surface area (Å²) in [4.78, 5) is 27.1. The van der Waals surface area contributed by atoms with E-state index < -0.39 is 52.0 Å². The van der Waals surface area contributed by atoms with Crippen LogP contribution in [-0.4, -0.2) is 54.1 Å². The van der Waals surface area contributed by atoms with Gasteiger partial charge in [-0.05, 0) is 37.1 Å². The highest BCUT2D eigenvalue weighted by Crippen LogP contribution is 2.40. The third-order valence-corrected chi connectivity index (χ3v) is 8.67. The number of aromatic nitrogens is 2. The number of nitrogens with zero attached hydrogens (tertiary/aromatic N) is 1. The van der Waals surface area contributed by atoms with Gasteiger partial charge >= 0.3 is 5.69 Å². The molecule has 1 aliphatic rings. The summed E-state index contributed by atoms with van der Waals surface area (Å²) in [5.41, 5.74) is -0.405. The second-order valence-corrected chi connectivity index (χ2v) is 12.4. The standard InChI is InChI=1S/C32H34N2O9S/c1-22-13-15-26(16-14-22)44(38,39)42-21-32(20-40-18-24-9-5-3-6-10-24)28(41-19-25-11-7-4-8-12-25)27(35)30(43-32)34-17-23(2)29(36)33-31(34)37/h3-17,27-28,30,35H,18-21H2,1-2H3,(H,33,36,37)/t27?,28-,30+,32-/m0/s1. The van der Waals surface area contributed by atoms with Crippen molar-refractivity contribution in [2.45, 2.75) is 56.0 Å². The van der Waals surface area contributed by atoms with Crippen molar-refractivity contribution < 1.29 is 31.9 Å². The van der Waals surface area contributed by atoms with Crippen LogP contribution in [0.5, 0.6) is 0 Å². The maximum Gasteiger partial charge on any atom is 0.330 e. The monoisotopic (exact) mass is 622 g/mol. The Balaban J connectivity index is 1.52. The molecule has 1 fully saturated rings. The SMILES string of the molecule is Cc1ccc(S(=O)(=O)OC[C@]2(COCc3ccccc3)O[C@@H](n3cc(C)c(=O)[nH]c3=O)C(O)[C@@H]2OCc2ccccc2)cc1. The minimum atomic E-state index is -4.28. The number of ether oxygens (including phenoxy) is 3. The average molecular weight is 623 g/mol. The van der Waals surface area contributed by atoms with Gasteiger partial charge < -0.3 is 19.3 Å². The van der Waals surface area contributed by atoms with Gasteiger partial charge in [0.05, 0.1) is 24.7 Å². The topological polar surface area (TPSA) is 146 Å². The maximum atomic E-state index is 13.3. The Morgan fingerprint density at radius 1 is 0.886 bits per heavy atom. The molecule has 3 aromatic carbocycles. The Labute approximate surface area is 254 Å². The number of aryl methyl sites for hydroxylation is 2. The fourth-order valence-electron chi connectivity index (χ4n) is 4.99. The molecule has 11 nitrogen and oxygen atoms in total. The van der Waals surface area contributed by atoms with E-state index in [2.05, 4.69) is 4.98 Å². The highest BCUT2D eigenvalue weighted by molar-refractivity contribution is 7.86. The minimum absolute atomic E-state index is 0.0311. The second kappa shape index (κ2) is 13.4. The van der Waals surface area contributed by atoms with E-state index in [9.17, 15) is 23.1 Å². The van der Waals surface area contributed by atoms with E-state index in [1.165, 1.54) is 25.3 Å². The first kappa shape index (κ1) is 31.5. The molecule has 5 rings (SSSR count). The summed E-state index contributed by atoms with van der Waals surface area (Å²) in [6, 6.07) is 24.7. The van der Waals surface area contributed by atoms with Gasteiger partial charge in [0.15, 0.2) is 6.23 Å². The molecule has 44 heavy (non-hydrogen) atoms. The van der Waals surface area contributed by atoms with Crippen LogP contribution in [0.3, 0.4) is 0 Å². The molecule has 2 N–H and O–H groups in total. The van der Waals surface area contributed by atoms with Crippen molar-refractivity contribution in [3.63, 3.8) is 0 Å². The fraction of sp³-hybridized carbons (Fsp3) is 0.312. The van der Waals surface area contributed by atoms with Crippen LogP contribution in [0, 0.1) is 13.8 Å². The number of hydrogen-bond donors (Lipinski definition) is 2. The summed E-state index contributed by atoms with van der Waals surface area (Å²) in [5.74, 6) is 0. The van der Waals surface area contributed by atoms with Crippen LogP contribution in [0.25, 0.3) is 0 Å². The van der Waals surface area contributed by atoms with E-state index in [0.717, 1.165) is 21.3 Å². The van der Waals surface area contributed by atoms with Gasteiger partial charge in [-0.15, -0.1) is 0 Å². The molecule has 4 atom stereocenters. The van der Waals surface area contributed by atoms with Crippen LogP contribution in [0.2, 0.25) is 0 Å². The second-order valence-electron chi connectivity index (χ2n) is 10.8. The Kier molecular flexibility index (Phi) is 9.59. The first-order chi connectivity index (χ1) is 21.1. The van der Waals surface area contributed by atoms with Crippen molar-refractivity contribution in [1.29, 1.82) is 0 Å². The summed E-state index contributed by atoms with van der Waals surface area (Å²) in [5, 5.41) is 11.6. The third kappa shape index (κ3) is 7.07. The lowest BCUT2D eigenvalue weighted by molar-refractivity contribution is -0.171. The zero-order valence-electron chi connectivity index (χ0n) is 24.3. The molecule has 0 bridgehead atoms. The Hall–Kier alpha value is -3.91. The normalized spacial score (nSPS) is 21.8. The van der Waals surface area contributed by atoms with Gasteiger partial charge in [-0.3, -0.25) is 18.5 Å². The highest BCUT2D eigenvalue weighted by Gasteiger charge is 2.58. The smallest absolute Gasteiger partial charge is 0.330 e. The molecule has 0 radical (unpaired) electrons. The lowest BCUT2D eigenvalue weighted by atomic mass is 9.96. The number of aliphatic hydroxyl groups is 1. The molecule has 0 spiro atoms. The summed E-state index contributed by atoms with van der Waals surface area (Å²) in [6.07, 6.45) is -2.82. The molecular weight excluding hydrogens is 588 g/mol. The highest BCUT2D eigenvalue weighted by atomic mass is 32.2. The lowest BCUT2D eigenvalue weighted by Crippen LogP contribution is -2.52. The number of aromatic amines is 1. The van der Waals surface area contributed by atoms with Crippen LogP contribution in [0.1, 0.15) is 28.5 Å². The van der Waals surface area contributed by atoms with Crippen LogP contribution >= 0.6 is 0 Å². The van der Waals surface area contributed by atoms with E-state index in [0.29, 0.717) is 0 Å². The third-order valence-electron chi connectivity index (χ3n) is 7.39. The number of hydrogen-bond acceptors (Lipinski definition) is 9. The lowest BCUT2D eigenvalue weighted by Gasteiger charge is -2.33. The van der Waals surface area contributed by atoms with Gasteiger partial charge in [-0.1, -0.05) is 78.4 Å². The van der Waals surface area contributed by atoms with Crippen LogP contribution in [-0.2, 0) is 41.7 Å². The summed E-state index contributed by atoms with van der Waals surface area (Å²) < 4.78 is 51.8. The van der Waals surface area contributed by atoms with Gasteiger partial charge in [-0.25, -0.2) is 4.79 Å². The molecule has 232 valence electrons. The average Bonchev–Trinajstić information content (AvgIpc) is 3.29. The molecule has 1 aromatic heterocycles. The van der Waals surface area contributed by atoms with Crippen molar-refractivity contribution in [3.8, 4) is 0 Å². The Bertz CT molecular complexity index is 1770. The van der Waals surface area contributed by atoms with Crippen LogP contribution < -0.4 is 11.2 Å². The number of nitrogens with one attached hydrogen (secondary N) is 1. The number of benzene rings is 3. The van der Waals surface area contributed by atoms with Gasteiger partial charge in [0.1, 0.15) is 24.4 Å². The van der Waals surface area contributed by atoms with E-state index >= 15 is 0 Å². The zero-order chi connectivity index (χ0) is 31.3. The van der Waals surface area contributed by atoms with Gasteiger partial charge in [0.25, 0.3) is 15.7 Å². The van der Waals surface area contributed by atoms with Gasteiger partial charge in [-0.2, -0.15) is 8.42 Å². The Morgan fingerprint density at radius 2 is 1.50 bits per heavy atom. The molecule has 0 amide bonds. The molecule has 4 aromatic rings. The summed E-state index contributed by atoms with van der Waals surface area (Å²) in [7, 11) is -4.28. The maximum absolute atomic E-state index is 13.3. The van der Waals surface area contributed by atoms with Crippen molar-refractivity contribution in [2.24, 2.45) is 0 Å². The van der Waals surface area contributed by atoms with Gasteiger partial charge in [0, 0.05) is 11.8 Å². The van der Waals surface area contributed by atoms with Crippen molar-refractivity contribution in [3.05, 3.63) is 134 Å². The van der Waals surface area contributed by atoms with E-state index in [4.69, 9.17) is 18.4 Å². The number of H-pyrrole nitrogens is 1. The first-order valence-electron chi connectivity index (χ1n) is 14.0. The van der Waals surface area contributed by atoms with Crippen molar-refractivity contribution >= 4 is 10.1 Å². The molecule has 1 unspecified atom stereocenters. The largest absolute Gasteiger partial charge is 0.386 e. The molecule has 12 heteroatoms. The predicted octanol–water partition coefficient (Wildman–Crippen LogP) is 2.99. The van der Waals surface area contributed by atoms with E-state index in [1.54, 1.807) is 12.1 Å². The fourth-order valence-corrected chi connectivity index (χ4v) is 5.95. The first-order valence-corrected chi connectivity index (χ1v) is 15.4. The van der Waals surface area contributed by atoms with E-state index in [-0.39, 0.29) is 30.3 Å². The summed E-state index contributed by atoms with van der Waals surface area (Å²) in [6.45, 7) is 2.63.